The lowest BCUT2D eigenvalue weighted by Gasteiger charge is -2.34. The summed E-state index contributed by atoms with van der Waals surface area (Å²) < 4.78 is 102. The number of nitrogens with two attached hydrogens (primary N) is 1. The van der Waals surface area contributed by atoms with E-state index in [2.05, 4.69) is 15.4 Å². The maximum atomic E-state index is 14.1. The Morgan fingerprint density at radius 3 is 2.42 bits per heavy atom. The Labute approximate surface area is 199 Å². The van der Waals surface area contributed by atoms with E-state index in [9.17, 15) is 40.3 Å². The van der Waals surface area contributed by atoms with Crippen LogP contribution in [0.25, 0.3) is 0 Å². The van der Waals surface area contributed by atoms with Gasteiger partial charge in [-0.2, -0.15) is 13.2 Å². The zero-order chi connectivity index (χ0) is 26.5. The summed E-state index contributed by atoms with van der Waals surface area (Å²) in [6.07, 6.45) is -8.17. The summed E-state index contributed by atoms with van der Waals surface area (Å²) in [6, 6.07) is 2.21. The number of rotatable bonds is 7. The molecule has 2 fully saturated rings. The monoisotopic (exact) mass is 523 g/mol. The molecule has 2 heterocycles. The van der Waals surface area contributed by atoms with Crippen molar-refractivity contribution < 1.29 is 45.1 Å². The fraction of sp³-hybridized carbons (Fsp3) is 0.524. The van der Waals surface area contributed by atoms with Gasteiger partial charge in [-0.1, -0.05) is 0 Å². The molecule has 1 unspecified atom stereocenters. The minimum atomic E-state index is -5.21. The van der Waals surface area contributed by atoms with E-state index >= 15 is 0 Å². The lowest BCUT2D eigenvalue weighted by atomic mass is 9.91. The molecule has 0 saturated heterocycles. The second kappa shape index (κ2) is 8.92. The molecule has 2 saturated carbocycles. The lowest BCUT2D eigenvalue weighted by molar-refractivity contribution is -0.148. The number of primary amides is 1. The molecule has 0 aliphatic heterocycles. The smallest absolute Gasteiger partial charge is 0.423 e. The number of anilines is 1. The zero-order valence-electron chi connectivity index (χ0n) is 18.4. The number of pyridine rings is 1. The van der Waals surface area contributed by atoms with Crippen LogP contribution in [0.1, 0.15) is 58.6 Å². The zero-order valence-corrected chi connectivity index (χ0v) is 18.4. The van der Waals surface area contributed by atoms with E-state index < -0.39 is 91.2 Å². The van der Waals surface area contributed by atoms with Crippen molar-refractivity contribution in [2.75, 3.05) is 5.32 Å². The van der Waals surface area contributed by atoms with Crippen molar-refractivity contribution in [2.45, 2.75) is 62.8 Å². The largest absolute Gasteiger partial charge is 0.472 e. The summed E-state index contributed by atoms with van der Waals surface area (Å²) in [7, 11) is 0. The van der Waals surface area contributed by atoms with Gasteiger partial charge in [0.05, 0.1) is 0 Å². The van der Waals surface area contributed by atoms with E-state index in [1.807, 2.05) is 0 Å². The molecule has 3 N–H and O–H groups in total. The third-order valence-corrected chi connectivity index (χ3v) is 5.96. The van der Waals surface area contributed by atoms with Crippen molar-refractivity contribution in [3.63, 3.8) is 0 Å². The Morgan fingerprint density at radius 2 is 1.86 bits per heavy atom. The van der Waals surface area contributed by atoms with Crippen LogP contribution < -0.4 is 15.8 Å². The van der Waals surface area contributed by atoms with E-state index in [4.69, 9.17) is 10.5 Å². The Hall–Kier alpha value is -3.39. The van der Waals surface area contributed by atoms with E-state index in [0.717, 1.165) is 12.3 Å². The van der Waals surface area contributed by atoms with Crippen molar-refractivity contribution in [1.82, 2.24) is 14.8 Å². The maximum Gasteiger partial charge on any atom is 0.423 e. The molecular weight excluding hydrogens is 503 g/mol. The van der Waals surface area contributed by atoms with E-state index in [1.54, 1.807) is 0 Å². The first-order valence-electron chi connectivity index (χ1n) is 10.8. The Kier molecular flexibility index (Phi) is 6.37. The average Bonchev–Trinajstić information content (AvgIpc) is 3.26. The molecule has 8 nitrogen and oxygen atoms in total. The summed E-state index contributed by atoms with van der Waals surface area (Å²) in [6.45, 7) is -0.464. The SMILES string of the molecule is NC(=O)c1cc(NC(=O)c2c(C(F)(F)F)c(OC3CC(F)(F)C3)nn2CC2CCC(F)(F)C2)ccn1. The Balaban J connectivity index is 1.71. The number of alkyl halides is 7. The molecule has 196 valence electrons. The minimum Gasteiger partial charge on any atom is -0.472 e. The van der Waals surface area contributed by atoms with Gasteiger partial charge >= 0.3 is 6.18 Å². The highest BCUT2D eigenvalue weighted by Gasteiger charge is 2.50. The quantitative estimate of drug-likeness (QED) is 0.527. The maximum absolute atomic E-state index is 14.1. The molecule has 0 bridgehead atoms. The average molecular weight is 523 g/mol. The number of amides is 2. The summed E-state index contributed by atoms with van der Waals surface area (Å²) >= 11 is 0. The van der Waals surface area contributed by atoms with Crippen LogP contribution in [-0.2, 0) is 12.7 Å². The molecule has 2 aromatic rings. The first-order valence-corrected chi connectivity index (χ1v) is 10.8. The molecule has 2 amide bonds. The summed E-state index contributed by atoms with van der Waals surface area (Å²) in [5.74, 6) is -10.3. The molecule has 15 heteroatoms. The highest BCUT2D eigenvalue weighted by molar-refractivity contribution is 6.05. The van der Waals surface area contributed by atoms with Gasteiger partial charge in [0, 0.05) is 44.1 Å². The second-order valence-corrected chi connectivity index (χ2v) is 8.93. The van der Waals surface area contributed by atoms with Crippen molar-refractivity contribution in [1.29, 1.82) is 0 Å². The number of aromatic nitrogens is 3. The van der Waals surface area contributed by atoms with Crippen molar-refractivity contribution in [3.05, 3.63) is 35.3 Å². The standard InChI is InChI=1S/C21H20F7N5O3/c22-19(23)3-1-10(6-19)9-33-15(17(35)31-11-2-4-30-13(5-11)16(29)34)14(21(26,27)28)18(32-33)36-12-7-20(24,25)8-12/h2,4-5,10,12H,1,3,6-9H2,(H2,29,34)(H,30,31,35). The minimum absolute atomic E-state index is 0.0212. The van der Waals surface area contributed by atoms with Gasteiger partial charge in [0.15, 0.2) is 0 Å². The molecule has 0 spiro atoms. The van der Waals surface area contributed by atoms with Gasteiger partial charge in [-0.15, -0.1) is 5.10 Å². The Morgan fingerprint density at radius 1 is 1.17 bits per heavy atom. The van der Waals surface area contributed by atoms with Crippen LogP contribution in [0.4, 0.5) is 36.4 Å². The summed E-state index contributed by atoms with van der Waals surface area (Å²) in [4.78, 5) is 28.0. The predicted octanol–water partition coefficient (Wildman–Crippen LogP) is 4.26. The molecule has 0 aromatic carbocycles. The molecule has 1 atom stereocenters. The number of nitrogens with one attached hydrogen (secondary N) is 1. The van der Waals surface area contributed by atoms with Crippen LogP contribution in [0.5, 0.6) is 5.88 Å². The molecule has 4 rings (SSSR count). The number of ether oxygens (including phenoxy) is 1. The number of halogens is 7. The van der Waals surface area contributed by atoms with Crippen molar-refractivity contribution >= 4 is 17.5 Å². The van der Waals surface area contributed by atoms with Crippen LogP contribution >= 0.6 is 0 Å². The lowest BCUT2D eigenvalue weighted by Crippen LogP contribution is -2.43. The molecule has 36 heavy (non-hydrogen) atoms. The van der Waals surface area contributed by atoms with Gasteiger partial charge in [0.2, 0.25) is 11.8 Å². The highest BCUT2D eigenvalue weighted by atomic mass is 19.4. The molecule has 2 aromatic heterocycles. The first kappa shape index (κ1) is 25.7. The van der Waals surface area contributed by atoms with Crippen molar-refractivity contribution in [2.24, 2.45) is 11.7 Å². The third kappa shape index (κ3) is 5.54. The second-order valence-electron chi connectivity index (χ2n) is 8.93. The number of hydrogen-bond acceptors (Lipinski definition) is 5. The molecule has 2 aliphatic carbocycles. The van der Waals surface area contributed by atoms with Crippen LogP contribution in [-0.4, -0.2) is 44.5 Å². The van der Waals surface area contributed by atoms with Gasteiger partial charge < -0.3 is 15.8 Å². The first-order chi connectivity index (χ1) is 16.6. The van der Waals surface area contributed by atoms with E-state index in [-0.39, 0.29) is 17.8 Å². The summed E-state index contributed by atoms with van der Waals surface area (Å²) in [5.41, 5.74) is 2.05. The van der Waals surface area contributed by atoms with Gasteiger partial charge in [-0.25, -0.2) is 17.6 Å². The van der Waals surface area contributed by atoms with E-state index in [1.165, 1.54) is 6.07 Å². The fourth-order valence-corrected chi connectivity index (χ4v) is 4.26. The predicted molar refractivity (Wildman–Crippen MR) is 109 cm³/mol. The van der Waals surface area contributed by atoms with Crippen LogP contribution in [0.3, 0.4) is 0 Å². The Bertz CT molecular complexity index is 1170. The summed E-state index contributed by atoms with van der Waals surface area (Å²) in [5, 5.41) is 5.89. The van der Waals surface area contributed by atoms with Crippen LogP contribution in [0.2, 0.25) is 0 Å². The topological polar surface area (TPSA) is 112 Å². The van der Waals surface area contributed by atoms with Gasteiger partial charge in [0.1, 0.15) is 23.1 Å². The van der Waals surface area contributed by atoms with Gasteiger partial charge in [-0.05, 0) is 24.5 Å². The van der Waals surface area contributed by atoms with Crippen molar-refractivity contribution in [3.8, 4) is 5.88 Å². The molecular formula is C21H20F7N5O3. The third-order valence-electron chi connectivity index (χ3n) is 5.96. The van der Waals surface area contributed by atoms with Crippen LogP contribution in [0.15, 0.2) is 18.3 Å². The van der Waals surface area contributed by atoms with Crippen LogP contribution in [0, 0.1) is 5.92 Å². The fourth-order valence-electron chi connectivity index (χ4n) is 4.26. The molecule has 0 radical (unpaired) electrons. The normalized spacial score (nSPS) is 21.1. The van der Waals surface area contributed by atoms with Gasteiger partial charge in [-0.3, -0.25) is 19.3 Å². The number of nitrogens with zero attached hydrogens (tertiary/aromatic N) is 3. The number of hydrogen-bond donors (Lipinski definition) is 2. The van der Waals surface area contributed by atoms with Gasteiger partial charge in [0.25, 0.3) is 17.7 Å². The number of carbonyl (C=O) groups excluding carboxylic acids is 2. The molecule has 2 aliphatic rings. The van der Waals surface area contributed by atoms with E-state index in [0.29, 0.717) is 4.68 Å². The number of carbonyl (C=O) groups is 2. The highest BCUT2D eigenvalue weighted by Crippen LogP contribution is 2.45.